The molecule has 3 nitrogen and oxygen atoms in total. The van der Waals surface area contributed by atoms with E-state index >= 15 is 0 Å². The van der Waals surface area contributed by atoms with Crippen molar-refractivity contribution in [2.45, 2.75) is 26.3 Å². The number of fused-ring (bicyclic) bond motifs is 1. The van der Waals surface area contributed by atoms with Gasteiger partial charge >= 0.3 is 0 Å². The van der Waals surface area contributed by atoms with Gasteiger partial charge in [-0.15, -0.1) is 0 Å². The van der Waals surface area contributed by atoms with E-state index in [0.29, 0.717) is 6.61 Å². The van der Waals surface area contributed by atoms with E-state index in [1.165, 1.54) is 16.6 Å². The SMILES string of the molecule is Cc1ccc(OCCCn2c(Cc3ccc(Cl)cc3)nc3ccccc32)cc1. The van der Waals surface area contributed by atoms with Gasteiger partial charge < -0.3 is 9.30 Å². The molecule has 4 aromatic rings. The van der Waals surface area contributed by atoms with E-state index < -0.39 is 0 Å². The van der Waals surface area contributed by atoms with Crippen LogP contribution in [0.3, 0.4) is 0 Å². The maximum absolute atomic E-state index is 6.02. The van der Waals surface area contributed by atoms with Crippen LogP contribution in [0.2, 0.25) is 5.02 Å². The van der Waals surface area contributed by atoms with Gasteiger partial charge in [0.25, 0.3) is 0 Å². The zero-order chi connectivity index (χ0) is 19.3. The highest BCUT2D eigenvalue weighted by molar-refractivity contribution is 6.30. The first-order valence-electron chi connectivity index (χ1n) is 9.57. The topological polar surface area (TPSA) is 27.1 Å². The smallest absolute Gasteiger partial charge is 0.119 e. The Hall–Kier alpha value is -2.78. The van der Waals surface area contributed by atoms with E-state index in [1.54, 1.807) is 0 Å². The Balaban J connectivity index is 1.48. The lowest BCUT2D eigenvalue weighted by molar-refractivity contribution is 0.302. The molecule has 0 spiro atoms. The normalized spacial score (nSPS) is 11.1. The molecule has 0 aliphatic carbocycles. The summed E-state index contributed by atoms with van der Waals surface area (Å²) in [7, 11) is 0. The van der Waals surface area contributed by atoms with Crippen molar-refractivity contribution in [2.75, 3.05) is 6.61 Å². The molecular weight excluding hydrogens is 368 g/mol. The molecule has 28 heavy (non-hydrogen) atoms. The van der Waals surface area contributed by atoms with Gasteiger partial charge in [-0.1, -0.05) is 53.6 Å². The quantitative estimate of drug-likeness (QED) is 0.359. The summed E-state index contributed by atoms with van der Waals surface area (Å²) < 4.78 is 8.20. The molecule has 0 amide bonds. The zero-order valence-corrected chi connectivity index (χ0v) is 16.7. The van der Waals surface area contributed by atoms with E-state index in [1.807, 2.05) is 30.3 Å². The molecule has 0 unspecified atom stereocenters. The van der Waals surface area contributed by atoms with Gasteiger partial charge in [0.15, 0.2) is 0 Å². The molecule has 0 aliphatic rings. The summed E-state index contributed by atoms with van der Waals surface area (Å²) >= 11 is 6.02. The minimum Gasteiger partial charge on any atom is -0.494 e. The highest BCUT2D eigenvalue weighted by Gasteiger charge is 2.11. The molecule has 0 saturated heterocycles. The maximum atomic E-state index is 6.02. The van der Waals surface area contributed by atoms with Crippen LogP contribution in [-0.2, 0) is 13.0 Å². The fourth-order valence-corrected chi connectivity index (χ4v) is 3.47. The van der Waals surface area contributed by atoms with Crippen molar-refractivity contribution in [1.82, 2.24) is 9.55 Å². The fraction of sp³-hybridized carbons (Fsp3) is 0.208. The molecule has 0 saturated carbocycles. The molecule has 0 radical (unpaired) electrons. The number of aryl methyl sites for hydroxylation is 2. The Morgan fingerprint density at radius 3 is 2.46 bits per heavy atom. The van der Waals surface area contributed by atoms with Gasteiger partial charge in [0.1, 0.15) is 11.6 Å². The molecule has 4 heteroatoms. The average Bonchev–Trinajstić information content (AvgIpc) is 3.05. The predicted molar refractivity (Wildman–Crippen MR) is 115 cm³/mol. The second-order valence-electron chi connectivity index (χ2n) is 6.99. The van der Waals surface area contributed by atoms with Crippen LogP contribution in [0.1, 0.15) is 23.4 Å². The van der Waals surface area contributed by atoms with Crippen LogP contribution in [0.15, 0.2) is 72.8 Å². The molecular formula is C24H23ClN2O. The van der Waals surface area contributed by atoms with E-state index in [2.05, 4.69) is 54.0 Å². The number of imidazole rings is 1. The number of rotatable bonds is 7. The van der Waals surface area contributed by atoms with Crippen molar-refractivity contribution in [2.24, 2.45) is 0 Å². The van der Waals surface area contributed by atoms with Crippen molar-refractivity contribution in [3.05, 3.63) is 94.8 Å². The van der Waals surface area contributed by atoms with Crippen LogP contribution in [-0.4, -0.2) is 16.2 Å². The number of benzene rings is 3. The summed E-state index contributed by atoms with van der Waals surface area (Å²) in [4.78, 5) is 4.87. The summed E-state index contributed by atoms with van der Waals surface area (Å²) in [6.45, 7) is 3.63. The standard InChI is InChI=1S/C24H23ClN2O/c1-18-7-13-21(14-8-18)28-16-4-15-27-23-6-3-2-5-22(23)26-24(27)17-19-9-11-20(25)12-10-19/h2-3,5-14H,4,15-17H2,1H3. The van der Waals surface area contributed by atoms with Crippen molar-refractivity contribution < 1.29 is 4.74 Å². The molecule has 0 bridgehead atoms. The molecule has 1 heterocycles. The molecule has 0 atom stereocenters. The number of hydrogen-bond acceptors (Lipinski definition) is 2. The number of ether oxygens (including phenoxy) is 1. The Bertz CT molecular complexity index is 1050. The van der Waals surface area contributed by atoms with Crippen LogP contribution in [0.25, 0.3) is 11.0 Å². The number of hydrogen-bond donors (Lipinski definition) is 0. The number of para-hydroxylation sites is 2. The number of nitrogens with zero attached hydrogens (tertiary/aromatic N) is 2. The molecule has 1 aromatic heterocycles. The Morgan fingerprint density at radius 2 is 1.68 bits per heavy atom. The largest absolute Gasteiger partial charge is 0.494 e. The average molecular weight is 391 g/mol. The summed E-state index contributed by atoms with van der Waals surface area (Å²) in [6.07, 6.45) is 1.70. The van der Waals surface area contributed by atoms with Crippen molar-refractivity contribution >= 4 is 22.6 Å². The summed E-state index contributed by atoms with van der Waals surface area (Å²) in [5.74, 6) is 1.99. The third-order valence-corrected chi connectivity index (χ3v) is 5.08. The first kappa shape index (κ1) is 18.6. The van der Waals surface area contributed by atoms with Gasteiger partial charge in [0, 0.05) is 18.0 Å². The summed E-state index contributed by atoms with van der Waals surface area (Å²) in [6, 6.07) is 24.5. The minimum atomic E-state index is 0.677. The van der Waals surface area contributed by atoms with Crippen LogP contribution >= 0.6 is 11.6 Å². The highest BCUT2D eigenvalue weighted by atomic mass is 35.5. The van der Waals surface area contributed by atoms with Gasteiger partial charge in [-0.2, -0.15) is 0 Å². The maximum Gasteiger partial charge on any atom is 0.119 e. The van der Waals surface area contributed by atoms with E-state index in [9.17, 15) is 0 Å². The fourth-order valence-electron chi connectivity index (χ4n) is 3.34. The molecule has 0 N–H and O–H groups in total. The second-order valence-corrected chi connectivity index (χ2v) is 7.42. The first-order valence-corrected chi connectivity index (χ1v) is 9.95. The third-order valence-electron chi connectivity index (χ3n) is 4.82. The third kappa shape index (κ3) is 4.37. The van der Waals surface area contributed by atoms with Gasteiger partial charge in [0.2, 0.25) is 0 Å². The monoisotopic (exact) mass is 390 g/mol. The Kier molecular flexibility index (Phi) is 5.63. The van der Waals surface area contributed by atoms with Gasteiger partial charge in [-0.05, 0) is 55.3 Å². The van der Waals surface area contributed by atoms with Gasteiger partial charge in [-0.3, -0.25) is 0 Å². The van der Waals surface area contributed by atoms with Crippen LogP contribution in [0.4, 0.5) is 0 Å². The molecule has 0 fully saturated rings. The molecule has 0 aliphatic heterocycles. The lowest BCUT2D eigenvalue weighted by Gasteiger charge is -2.11. The molecule has 3 aromatic carbocycles. The van der Waals surface area contributed by atoms with Gasteiger partial charge in [0.05, 0.1) is 17.6 Å². The minimum absolute atomic E-state index is 0.677. The second kappa shape index (κ2) is 8.49. The lowest BCUT2D eigenvalue weighted by Crippen LogP contribution is -2.08. The van der Waals surface area contributed by atoms with Crippen LogP contribution in [0, 0.1) is 6.92 Å². The van der Waals surface area contributed by atoms with Crippen molar-refractivity contribution in [1.29, 1.82) is 0 Å². The first-order chi connectivity index (χ1) is 13.7. The lowest BCUT2D eigenvalue weighted by atomic mass is 10.1. The van der Waals surface area contributed by atoms with Crippen molar-refractivity contribution in [3.63, 3.8) is 0 Å². The number of aromatic nitrogens is 2. The summed E-state index contributed by atoms with van der Waals surface area (Å²) in [5, 5.41) is 0.755. The highest BCUT2D eigenvalue weighted by Crippen LogP contribution is 2.20. The summed E-state index contributed by atoms with van der Waals surface area (Å²) in [5.41, 5.74) is 4.65. The molecule has 4 rings (SSSR count). The zero-order valence-electron chi connectivity index (χ0n) is 15.9. The van der Waals surface area contributed by atoms with E-state index in [-0.39, 0.29) is 0 Å². The number of halogens is 1. The van der Waals surface area contributed by atoms with Crippen LogP contribution in [0.5, 0.6) is 5.75 Å². The Morgan fingerprint density at radius 1 is 0.929 bits per heavy atom. The van der Waals surface area contributed by atoms with Crippen molar-refractivity contribution in [3.8, 4) is 5.75 Å². The van der Waals surface area contributed by atoms with Crippen LogP contribution < -0.4 is 4.74 Å². The van der Waals surface area contributed by atoms with E-state index in [4.69, 9.17) is 21.3 Å². The molecule has 142 valence electrons. The van der Waals surface area contributed by atoms with E-state index in [0.717, 1.165) is 41.5 Å². The predicted octanol–water partition coefficient (Wildman–Crippen LogP) is 6.06. The van der Waals surface area contributed by atoms with Gasteiger partial charge in [-0.25, -0.2) is 4.98 Å². The Labute approximate surface area is 170 Å².